The van der Waals surface area contributed by atoms with Crippen LogP contribution in [0, 0.1) is 35.3 Å². The lowest BCUT2D eigenvalue weighted by Gasteiger charge is -2.32. The molecule has 35 heteroatoms. The molecule has 2 aliphatic rings. The van der Waals surface area contributed by atoms with E-state index in [9.17, 15) is 76.6 Å². The fourth-order valence-corrected chi connectivity index (χ4v) is 16.2. The van der Waals surface area contributed by atoms with Crippen molar-refractivity contribution in [2.45, 2.75) is 205 Å². The number of nitrogens with one attached hydrogen (secondary N) is 16. The number of nitrogens with zero attached hydrogens (tertiary/aromatic N) is 2. The van der Waals surface area contributed by atoms with E-state index in [0.29, 0.717) is 68.2 Å². The Labute approximate surface area is 779 Å². The Bertz CT molecular complexity index is 5050. The third kappa shape index (κ3) is 32.4. The summed E-state index contributed by atoms with van der Waals surface area (Å²) in [6.45, 7) is 9.87. The first-order chi connectivity index (χ1) is 64.5. The first-order valence-electron chi connectivity index (χ1n) is 45.5. The van der Waals surface area contributed by atoms with Crippen molar-refractivity contribution in [3.8, 4) is 0 Å². The molecule has 2 fully saturated rings. The normalized spacial score (nSPS) is 14.7. The minimum atomic E-state index is -1.90. The van der Waals surface area contributed by atoms with Gasteiger partial charge >= 0.3 is 18.0 Å². The highest BCUT2D eigenvalue weighted by atomic mass is 19.1. The third-order valence-electron chi connectivity index (χ3n) is 22.9. The molecule has 8 unspecified atom stereocenters. The van der Waals surface area contributed by atoms with Gasteiger partial charge in [0.05, 0.1) is 48.9 Å². The van der Waals surface area contributed by atoms with Crippen molar-refractivity contribution in [2.24, 2.45) is 33.9 Å². The maximum atomic E-state index is 15.1. The number of rotatable bonds is 44. The summed E-state index contributed by atoms with van der Waals surface area (Å²) in [4.78, 5) is 190. The van der Waals surface area contributed by atoms with E-state index in [1.165, 1.54) is 14.1 Å². The van der Waals surface area contributed by atoms with Crippen molar-refractivity contribution in [3.05, 3.63) is 250 Å². The first kappa shape index (κ1) is 105. The van der Waals surface area contributed by atoms with Gasteiger partial charge in [-0.1, -0.05) is 275 Å². The number of amides is 15. The molecule has 0 bridgehead atoms. The van der Waals surface area contributed by atoms with Crippen LogP contribution in [-0.4, -0.2) is 170 Å². The molecule has 9 rings (SSSR count). The second-order valence-electron chi connectivity index (χ2n) is 33.8. The number of aromatic carboxylic acids is 1. The van der Waals surface area contributed by atoms with Crippen LogP contribution in [-0.2, 0) is 47.9 Å². The zero-order valence-electron chi connectivity index (χ0n) is 77.1. The van der Waals surface area contributed by atoms with Crippen LogP contribution in [0.1, 0.15) is 223 Å². The summed E-state index contributed by atoms with van der Waals surface area (Å²) >= 11 is 0. The molecule has 2 aliphatic carbocycles. The van der Waals surface area contributed by atoms with Gasteiger partial charge in [0, 0.05) is 14.1 Å². The summed E-state index contributed by atoms with van der Waals surface area (Å²) in [5.74, 6) is -13.2. The number of carbonyl (C=O) groups excluding carboxylic acids is 13. The molecule has 0 radical (unpaired) electrons. The number of likely N-dealkylation sites (N-methyl/N-ethyl adjacent to an activating group) is 3. The second-order valence-corrected chi connectivity index (χ2v) is 33.8. The van der Waals surface area contributed by atoms with Crippen LogP contribution in [0.15, 0.2) is 204 Å². The van der Waals surface area contributed by atoms with Crippen molar-refractivity contribution in [3.63, 3.8) is 0 Å². The number of carbonyl (C=O) groups is 14. The summed E-state index contributed by atoms with van der Waals surface area (Å²) in [5.41, 5.74) is 5.91. The molecule has 134 heavy (non-hydrogen) atoms. The van der Waals surface area contributed by atoms with Crippen molar-refractivity contribution in [2.75, 3.05) is 34.2 Å². The van der Waals surface area contributed by atoms with Crippen LogP contribution >= 0.6 is 0 Å². The second kappa shape index (κ2) is 54.6. The van der Waals surface area contributed by atoms with E-state index < -0.39 is 185 Å². The largest absolute Gasteiger partial charge is 0.478 e. The minimum absolute atomic E-state index is 0.0250. The molecule has 15 amide bonds. The number of carboxylic acid groups (broad SMARTS) is 1. The van der Waals surface area contributed by atoms with Crippen molar-refractivity contribution < 1.29 is 81.0 Å². The lowest BCUT2D eigenvalue weighted by molar-refractivity contribution is -0.131. The number of urea groups is 2. The van der Waals surface area contributed by atoms with Gasteiger partial charge in [-0.25, -0.2) is 34.0 Å². The fraction of sp³-hybridized carbons (Fsp3) is 0.414. The number of halogens is 2. The summed E-state index contributed by atoms with van der Waals surface area (Å²) in [5, 5.41) is 56.4. The summed E-state index contributed by atoms with van der Waals surface area (Å²) in [6, 6.07) is 43.7. The lowest BCUT2D eigenvalue weighted by Crippen LogP contribution is -2.59. The summed E-state index contributed by atoms with van der Waals surface area (Å²) in [6.07, 6.45) is 9.58. The van der Waals surface area contributed by atoms with Gasteiger partial charge < -0.3 is 79.5 Å². The Kier molecular flexibility index (Phi) is 42.9. The molecule has 8 atom stereocenters. The predicted molar refractivity (Wildman–Crippen MR) is 503 cm³/mol. The van der Waals surface area contributed by atoms with Gasteiger partial charge in [0.2, 0.25) is 47.3 Å². The number of hydrogen-bond acceptors (Lipinski definition) is 17. The maximum absolute atomic E-state index is 15.1. The van der Waals surface area contributed by atoms with Gasteiger partial charge in [-0.05, 0) is 128 Å². The van der Waals surface area contributed by atoms with Crippen LogP contribution in [0.2, 0.25) is 0 Å². The molecule has 0 spiro atoms. The molecule has 0 saturated heterocycles. The molecule has 2 saturated carbocycles. The molecule has 33 nitrogen and oxygen atoms in total. The summed E-state index contributed by atoms with van der Waals surface area (Å²) < 4.78 is 29.8. The van der Waals surface area contributed by atoms with Crippen LogP contribution in [0.5, 0.6) is 0 Å². The first-order valence-corrected chi connectivity index (χ1v) is 45.5. The topological polar surface area (TPSA) is 476 Å². The highest BCUT2D eigenvalue weighted by molar-refractivity contribution is 6.42. The highest BCUT2D eigenvalue weighted by Crippen LogP contribution is 2.31. The van der Waals surface area contributed by atoms with Gasteiger partial charge in [-0.2, -0.15) is 10.2 Å². The van der Waals surface area contributed by atoms with Crippen LogP contribution in [0.3, 0.4) is 0 Å². The number of carboxylic acids is 1. The predicted octanol–water partition coefficient (Wildman–Crippen LogP) is 9.46. The number of hydrogen-bond donors (Lipinski definition) is 17. The molecular formula is C99H126F2N18O15. The maximum Gasteiger partial charge on any atom is 0.339 e. The molecule has 716 valence electrons. The van der Waals surface area contributed by atoms with Gasteiger partial charge in [-0.3, -0.25) is 52.7 Å². The van der Waals surface area contributed by atoms with E-state index in [1.807, 2.05) is 142 Å². The third-order valence-corrected chi connectivity index (χ3v) is 22.9. The van der Waals surface area contributed by atoms with Crippen molar-refractivity contribution >= 4 is 94.4 Å². The minimum Gasteiger partial charge on any atom is -0.478 e. The number of benzene rings is 7. The quantitative estimate of drug-likeness (QED) is 0.0125. The van der Waals surface area contributed by atoms with E-state index in [0.717, 1.165) is 60.8 Å². The van der Waals surface area contributed by atoms with Crippen LogP contribution in [0.25, 0.3) is 0 Å². The highest BCUT2D eigenvalue weighted by Gasteiger charge is 2.40. The lowest BCUT2D eigenvalue weighted by atomic mass is 9.83. The van der Waals surface area contributed by atoms with Gasteiger partial charge in [0.25, 0.3) is 17.7 Å². The Balaban J connectivity index is 0.000000335. The van der Waals surface area contributed by atoms with E-state index >= 15 is 4.39 Å². The molecule has 0 heterocycles. The van der Waals surface area contributed by atoms with Crippen LogP contribution < -0.4 is 85.3 Å². The fourth-order valence-electron chi connectivity index (χ4n) is 16.2. The molecular weight excluding hydrogens is 1720 g/mol. The standard InChI is InChI=1S/C53H63F2N9O9.C46H63N9O6/c1-5-18-38(58-47(66)39(29-31(2)3)59-51(70)45(35-25-16-9-17-26-35)61-48(67)41-36(54)27-28-37(55)42(41)52(71)72)46(50(69)57-30-40(65)60-44(49(68)56-4)34-23-14-8-15-24-34)63-64-53(73)62-43(32-19-10-6-11-20-32)33-21-12-7-13-22-33;1-6-19-35(50-42(57)36(28-30(2)3)51-45(60)39(47-4)33-24-15-9-16-25-33)41(44(59)49-29-37(56)52-40(43(58)48-5)34-26-17-10-18-27-34)54-55-46(61)53-38(31-20-11-7-12-21-31)32-22-13-8-14-23-32/h6-8,10-15,19-24,27-28,31,35,38-39,43-45H,5,9,16-18,25-26,29-30H2,1-4H3,(H,56,68)(H,57,69)(H,58,66)(H,59,70)(H,60,65)(H,61,67)(H,71,72)(H2,62,64,73);7-8,10-14,17-18,20-23,26-27,30,33,35-36,38-40,47H,6,9,15-16,19,24-25,28-29H2,1-5H3,(H,48,58)(H,49,59)(H,50,57)(H,51,60)(H,52,56)(H2,53,55,61)/b63-46-;54-41+. The molecule has 0 aliphatic heterocycles. The number of hydrazone groups is 2. The van der Waals surface area contributed by atoms with E-state index in [2.05, 4.69) is 95.5 Å². The SMILES string of the molecule is CCCC(NC(=O)C(CC(C)C)NC(=O)C(NC(=O)c1c(F)ccc(F)c1C(=O)O)C1CCCCC1)/C(=N/NC(=O)NC(c1ccccc1)c1ccccc1)C(=O)NCC(=O)NC(C(=O)NC)c1ccccc1.CCCC(NC(=O)C(CC(C)C)NC(=O)C(NC)C1CCCCC1)/C(=N\NC(=O)NC(c1ccccc1)c1ccccc1)C(=O)NCC(=O)NC(C(=O)NC)c1ccccc1. The Morgan fingerprint density at radius 2 is 0.679 bits per heavy atom. The van der Waals surface area contributed by atoms with Gasteiger partial charge in [-0.15, -0.1) is 0 Å². The molecule has 0 aromatic heterocycles. The molecule has 7 aromatic rings. The zero-order valence-corrected chi connectivity index (χ0v) is 77.1. The van der Waals surface area contributed by atoms with Gasteiger partial charge in [0.15, 0.2) is 0 Å². The van der Waals surface area contributed by atoms with Crippen molar-refractivity contribution in [1.29, 1.82) is 0 Å². The average molecular weight is 1850 g/mol. The van der Waals surface area contributed by atoms with E-state index in [4.69, 9.17) is 0 Å². The Hall–Kier alpha value is -14.1. The average Bonchev–Trinajstić information content (AvgIpc) is 0.794. The van der Waals surface area contributed by atoms with E-state index in [1.54, 1.807) is 88.5 Å². The van der Waals surface area contributed by atoms with Crippen LogP contribution in [0.4, 0.5) is 18.4 Å². The zero-order chi connectivity index (χ0) is 97.2. The monoisotopic (exact) mass is 1840 g/mol. The Morgan fingerprint density at radius 1 is 0.366 bits per heavy atom. The smallest absolute Gasteiger partial charge is 0.339 e. The Morgan fingerprint density at radius 3 is 0.993 bits per heavy atom. The molecule has 17 N–H and O–H groups in total. The summed E-state index contributed by atoms with van der Waals surface area (Å²) in [7, 11) is 4.61. The van der Waals surface area contributed by atoms with Gasteiger partial charge in [0.1, 0.15) is 58.8 Å². The van der Waals surface area contributed by atoms with E-state index in [-0.39, 0.29) is 48.6 Å². The molecule has 7 aromatic carbocycles. The van der Waals surface area contributed by atoms with Crippen molar-refractivity contribution in [1.82, 2.24) is 85.3 Å².